The summed E-state index contributed by atoms with van der Waals surface area (Å²) in [5, 5.41) is 20.7. The van der Waals surface area contributed by atoms with Crippen molar-refractivity contribution in [1.29, 1.82) is 0 Å². The third-order valence-electron chi connectivity index (χ3n) is 4.12. The highest BCUT2D eigenvalue weighted by Crippen LogP contribution is 2.31. The monoisotopic (exact) mass is 383 g/mol. The van der Waals surface area contributed by atoms with E-state index in [2.05, 4.69) is 17.1 Å². The zero-order chi connectivity index (χ0) is 19.1. The summed E-state index contributed by atoms with van der Waals surface area (Å²) in [6.07, 6.45) is 4.74. The van der Waals surface area contributed by atoms with Crippen LogP contribution < -0.4 is 4.74 Å². The normalized spacial score (nSPS) is 10.7. The Labute approximate surface area is 162 Å². The molecule has 1 heterocycles. The van der Waals surface area contributed by atoms with Crippen molar-refractivity contribution in [2.75, 3.05) is 6.61 Å². The van der Waals surface area contributed by atoms with Crippen molar-refractivity contribution in [2.24, 2.45) is 0 Å². The molecular formula is C20H21N3O3S. The summed E-state index contributed by atoms with van der Waals surface area (Å²) in [5.74, 6) is 0.857. The van der Waals surface area contributed by atoms with Gasteiger partial charge in [0, 0.05) is 23.3 Å². The Hall–Kier alpha value is -2.80. The van der Waals surface area contributed by atoms with Crippen molar-refractivity contribution in [3.05, 3.63) is 58.6 Å². The van der Waals surface area contributed by atoms with E-state index in [-0.39, 0.29) is 5.69 Å². The Kier molecular flexibility index (Phi) is 6.49. The molecule has 140 valence electrons. The molecule has 3 aromatic rings. The SMILES string of the molecule is CCCCCCOc1ccc(-c2nnc(-c3ccc([N+](=O)[O-])cc3)s2)cc1. The van der Waals surface area contributed by atoms with Crippen LogP contribution in [0, 0.1) is 10.1 Å². The minimum absolute atomic E-state index is 0.0637. The van der Waals surface area contributed by atoms with Gasteiger partial charge in [-0.1, -0.05) is 37.5 Å². The molecule has 3 rings (SSSR count). The van der Waals surface area contributed by atoms with Crippen LogP contribution in [-0.2, 0) is 0 Å². The summed E-state index contributed by atoms with van der Waals surface area (Å²) in [5.41, 5.74) is 1.85. The first-order valence-electron chi connectivity index (χ1n) is 8.99. The highest BCUT2D eigenvalue weighted by Gasteiger charge is 2.11. The molecule has 0 amide bonds. The molecule has 0 aliphatic rings. The molecule has 1 aromatic heterocycles. The summed E-state index contributed by atoms with van der Waals surface area (Å²) in [7, 11) is 0. The van der Waals surface area contributed by atoms with Gasteiger partial charge >= 0.3 is 0 Å². The molecule has 0 N–H and O–H groups in total. The van der Waals surface area contributed by atoms with Gasteiger partial charge in [0.15, 0.2) is 0 Å². The molecule has 0 unspecified atom stereocenters. The van der Waals surface area contributed by atoms with Gasteiger partial charge in [-0.2, -0.15) is 0 Å². The van der Waals surface area contributed by atoms with Gasteiger partial charge in [0.1, 0.15) is 15.8 Å². The predicted molar refractivity (Wildman–Crippen MR) is 107 cm³/mol. The molecule has 0 saturated heterocycles. The number of aromatic nitrogens is 2. The average molecular weight is 383 g/mol. The third kappa shape index (κ3) is 5.10. The summed E-state index contributed by atoms with van der Waals surface area (Å²) < 4.78 is 5.76. The number of unbranched alkanes of at least 4 members (excludes halogenated alkanes) is 3. The van der Waals surface area contributed by atoms with Gasteiger partial charge in [-0.25, -0.2) is 0 Å². The Bertz CT molecular complexity index is 876. The van der Waals surface area contributed by atoms with Gasteiger partial charge in [0.2, 0.25) is 0 Å². The van der Waals surface area contributed by atoms with Gasteiger partial charge in [0.05, 0.1) is 11.5 Å². The van der Waals surface area contributed by atoms with Crippen LogP contribution >= 0.6 is 11.3 Å². The van der Waals surface area contributed by atoms with E-state index in [1.54, 1.807) is 12.1 Å². The van der Waals surface area contributed by atoms with Crippen molar-refractivity contribution in [3.63, 3.8) is 0 Å². The lowest BCUT2D eigenvalue weighted by Crippen LogP contribution is -1.96. The Morgan fingerprint density at radius 1 is 0.926 bits per heavy atom. The van der Waals surface area contributed by atoms with E-state index in [0.29, 0.717) is 0 Å². The van der Waals surface area contributed by atoms with Crippen molar-refractivity contribution in [1.82, 2.24) is 10.2 Å². The maximum absolute atomic E-state index is 10.7. The molecule has 6 nitrogen and oxygen atoms in total. The van der Waals surface area contributed by atoms with Crippen LogP contribution in [0.25, 0.3) is 21.1 Å². The van der Waals surface area contributed by atoms with Crippen LogP contribution in [0.1, 0.15) is 32.6 Å². The van der Waals surface area contributed by atoms with E-state index < -0.39 is 4.92 Å². The van der Waals surface area contributed by atoms with Gasteiger partial charge in [0.25, 0.3) is 5.69 Å². The number of hydrogen-bond acceptors (Lipinski definition) is 6. The number of nitro benzene ring substituents is 1. The van der Waals surface area contributed by atoms with Crippen LogP contribution in [0.2, 0.25) is 0 Å². The lowest BCUT2D eigenvalue weighted by molar-refractivity contribution is -0.384. The van der Waals surface area contributed by atoms with Gasteiger partial charge in [-0.05, 0) is 42.8 Å². The highest BCUT2D eigenvalue weighted by atomic mass is 32.1. The van der Waals surface area contributed by atoms with Crippen LogP contribution in [0.5, 0.6) is 5.75 Å². The van der Waals surface area contributed by atoms with E-state index in [1.165, 1.54) is 42.7 Å². The van der Waals surface area contributed by atoms with E-state index >= 15 is 0 Å². The molecule has 7 heteroatoms. The molecule has 0 saturated carbocycles. The molecule has 0 aliphatic heterocycles. The fraction of sp³-hybridized carbons (Fsp3) is 0.300. The second-order valence-electron chi connectivity index (χ2n) is 6.15. The van der Waals surface area contributed by atoms with Crippen LogP contribution in [0.15, 0.2) is 48.5 Å². The van der Waals surface area contributed by atoms with Crippen molar-refractivity contribution in [2.45, 2.75) is 32.6 Å². The van der Waals surface area contributed by atoms with Crippen LogP contribution in [0.3, 0.4) is 0 Å². The van der Waals surface area contributed by atoms with Crippen LogP contribution in [-0.4, -0.2) is 21.7 Å². The zero-order valence-electron chi connectivity index (χ0n) is 15.1. The molecule has 0 radical (unpaired) electrons. The van der Waals surface area contributed by atoms with Crippen molar-refractivity contribution < 1.29 is 9.66 Å². The van der Waals surface area contributed by atoms with E-state index in [1.807, 2.05) is 24.3 Å². The smallest absolute Gasteiger partial charge is 0.269 e. The van der Waals surface area contributed by atoms with Gasteiger partial charge in [-0.3, -0.25) is 10.1 Å². The van der Waals surface area contributed by atoms with Crippen molar-refractivity contribution >= 4 is 17.0 Å². The maximum Gasteiger partial charge on any atom is 0.269 e. The number of rotatable bonds is 9. The number of nitro groups is 1. The minimum atomic E-state index is -0.414. The minimum Gasteiger partial charge on any atom is -0.494 e. The van der Waals surface area contributed by atoms with Gasteiger partial charge in [-0.15, -0.1) is 10.2 Å². The number of benzene rings is 2. The molecule has 0 aliphatic carbocycles. The lowest BCUT2D eigenvalue weighted by Gasteiger charge is -2.06. The first kappa shape index (κ1) is 19.0. The van der Waals surface area contributed by atoms with Crippen molar-refractivity contribution in [3.8, 4) is 26.9 Å². The topological polar surface area (TPSA) is 78.2 Å². The zero-order valence-corrected chi connectivity index (χ0v) is 15.9. The highest BCUT2D eigenvalue weighted by molar-refractivity contribution is 7.17. The first-order chi connectivity index (χ1) is 13.2. The summed E-state index contributed by atoms with van der Waals surface area (Å²) in [4.78, 5) is 10.3. The quantitative estimate of drug-likeness (QED) is 0.267. The molecule has 0 atom stereocenters. The second kappa shape index (κ2) is 9.23. The van der Waals surface area contributed by atoms with E-state index in [0.717, 1.165) is 39.9 Å². The second-order valence-corrected chi connectivity index (χ2v) is 7.13. The fourth-order valence-electron chi connectivity index (χ4n) is 2.59. The largest absolute Gasteiger partial charge is 0.494 e. The summed E-state index contributed by atoms with van der Waals surface area (Å²) >= 11 is 1.45. The summed E-state index contributed by atoms with van der Waals surface area (Å²) in [6.45, 7) is 2.93. The average Bonchev–Trinajstić information content (AvgIpc) is 3.18. The molecule has 2 aromatic carbocycles. The number of non-ortho nitro benzene ring substituents is 1. The molecule has 0 bridgehead atoms. The fourth-order valence-corrected chi connectivity index (χ4v) is 3.45. The lowest BCUT2D eigenvalue weighted by atomic mass is 10.2. The van der Waals surface area contributed by atoms with E-state index in [4.69, 9.17) is 4.74 Å². The number of nitrogens with zero attached hydrogens (tertiary/aromatic N) is 3. The molecular weight excluding hydrogens is 362 g/mol. The standard InChI is InChI=1S/C20H21N3O3S/c1-2-3-4-5-14-26-18-12-8-16(9-13-18)20-22-21-19(27-20)15-6-10-17(11-7-15)23(24)25/h6-13H,2-5,14H2,1H3. The summed E-state index contributed by atoms with van der Waals surface area (Å²) in [6, 6.07) is 14.2. The van der Waals surface area contributed by atoms with Crippen LogP contribution in [0.4, 0.5) is 5.69 Å². The Balaban J connectivity index is 1.63. The molecule has 27 heavy (non-hydrogen) atoms. The number of hydrogen-bond donors (Lipinski definition) is 0. The number of ether oxygens (including phenoxy) is 1. The Morgan fingerprint density at radius 2 is 1.52 bits per heavy atom. The van der Waals surface area contributed by atoms with Gasteiger partial charge < -0.3 is 4.74 Å². The third-order valence-corrected chi connectivity index (χ3v) is 5.14. The Morgan fingerprint density at radius 3 is 2.07 bits per heavy atom. The van der Waals surface area contributed by atoms with E-state index in [9.17, 15) is 10.1 Å². The molecule has 0 spiro atoms. The maximum atomic E-state index is 10.7. The predicted octanol–water partition coefficient (Wildman–Crippen LogP) is 5.74. The first-order valence-corrected chi connectivity index (χ1v) is 9.80. The molecule has 0 fully saturated rings.